The number of rotatable bonds is 1. The Hall–Kier alpha value is -1.76. The van der Waals surface area contributed by atoms with Crippen LogP contribution >= 0.6 is 11.3 Å². The van der Waals surface area contributed by atoms with E-state index in [0.29, 0.717) is 5.56 Å². The summed E-state index contributed by atoms with van der Waals surface area (Å²) in [6.07, 6.45) is -4.38. The van der Waals surface area contributed by atoms with Gasteiger partial charge in [-0.1, -0.05) is 23.5 Å². The largest absolute Gasteiger partial charge is 0.496 e. The van der Waals surface area contributed by atoms with Gasteiger partial charge in [-0.05, 0) is 12.1 Å². The minimum Gasteiger partial charge on any atom is -0.496 e. The van der Waals surface area contributed by atoms with Gasteiger partial charge in [-0.25, -0.2) is 0 Å². The van der Waals surface area contributed by atoms with E-state index in [9.17, 15) is 13.2 Å². The summed E-state index contributed by atoms with van der Waals surface area (Å²) < 4.78 is 36.9. The van der Waals surface area contributed by atoms with Crippen molar-refractivity contribution in [2.45, 2.75) is 6.18 Å². The van der Waals surface area contributed by atoms with E-state index in [1.165, 1.54) is 12.1 Å². The number of hydrogen-bond donors (Lipinski definition) is 2. The highest BCUT2D eigenvalue weighted by atomic mass is 32.1. The van der Waals surface area contributed by atoms with E-state index >= 15 is 0 Å². The van der Waals surface area contributed by atoms with Crippen LogP contribution in [0, 0.1) is 0 Å². The van der Waals surface area contributed by atoms with Crippen LogP contribution in [0.15, 0.2) is 24.3 Å². The maximum atomic E-state index is 12.3. The fourth-order valence-electron chi connectivity index (χ4n) is 1.23. The van der Waals surface area contributed by atoms with Crippen molar-refractivity contribution < 1.29 is 23.4 Å². The lowest BCUT2D eigenvalue weighted by Gasteiger charge is -2.06. The van der Waals surface area contributed by atoms with Crippen molar-refractivity contribution in [3.63, 3.8) is 0 Å². The van der Waals surface area contributed by atoms with Gasteiger partial charge in [0.1, 0.15) is 5.01 Å². The zero-order chi connectivity index (χ0) is 12.6. The predicted molar refractivity (Wildman–Crippen MR) is 55.9 cm³/mol. The van der Waals surface area contributed by atoms with Crippen LogP contribution in [0.1, 0.15) is 5.56 Å². The third-order valence-electron chi connectivity index (χ3n) is 2.05. The van der Waals surface area contributed by atoms with Gasteiger partial charge >= 0.3 is 6.18 Å². The lowest BCUT2D eigenvalue weighted by molar-refractivity contribution is -0.137. The Morgan fingerprint density at radius 2 is 1.65 bits per heavy atom. The molecule has 2 rings (SSSR count). The molecule has 1 heterocycles. The monoisotopic (exact) mass is 261 g/mol. The summed E-state index contributed by atoms with van der Waals surface area (Å²) in [4.78, 5) is 3.62. The first-order chi connectivity index (χ1) is 7.88. The maximum Gasteiger partial charge on any atom is 0.416 e. The smallest absolute Gasteiger partial charge is 0.416 e. The number of benzene rings is 1. The quantitative estimate of drug-likeness (QED) is 0.828. The van der Waals surface area contributed by atoms with Gasteiger partial charge in [0.05, 0.1) is 5.56 Å². The SMILES string of the molecule is Oc1nc(-c2ccc(C(F)(F)F)cc2)sc1O. The topological polar surface area (TPSA) is 53.4 Å². The number of aromatic nitrogens is 1. The summed E-state index contributed by atoms with van der Waals surface area (Å²) in [5.41, 5.74) is -0.357. The van der Waals surface area contributed by atoms with Gasteiger partial charge in [-0.15, -0.1) is 0 Å². The molecule has 3 nitrogen and oxygen atoms in total. The highest BCUT2D eigenvalue weighted by Crippen LogP contribution is 2.38. The molecule has 7 heteroatoms. The lowest BCUT2D eigenvalue weighted by Crippen LogP contribution is -2.03. The second-order valence-corrected chi connectivity index (χ2v) is 4.20. The Morgan fingerprint density at radius 3 is 2.06 bits per heavy atom. The minimum absolute atomic E-state index is 0.258. The molecular weight excluding hydrogens is 255 g/mol. The summed E-state index contributed by atoms with van der Waals surface area (Å²) in [6, 6.07) is 4.32. The van der Waals surface area contributed by atoms with Crippen LogP contribution in [0.25, 0.3) is 10.6 Å². The Morgan fingerprint density at radius 1 is 1.06 bits per heavy atom. The molecule has 0 saturated heterocycles. The second-order valence-electron chi connectivity index (χ2n) is 3.22. The van der Waals surface area contributed by atoms with Gasteiger partial charge in [0.15, 0.2) is 0 Å². The number of nitrogens with zero attached hydrogens (tertiary/aromatic N) is 1. The Kier molecular flexibility index (Phi) is 2.70. The molecule has 0 spiro atoms. The molecule has 1 aromatic heterocycles. The van der Waals surface area contributed by atoms with Crippen LogP contribution in [0.2, 0.25) is 0 Å². The van der Waals surface area contributed by atoms with E-state index in [1.54, 1.807) is 0 Å². The number of aromatic hydroxyl groups is 2. The molecule has 0 aliphatic rings. The third-order valence-corrected chi connectivity index (χ3v) is 2.95. The molecule has 2 aromatic rings. The molecule has 0 radical (unpaired) electrons. The maximum absolute atomic E-state index is 12.3. The van der Waals surface area contributed by atoms with Crippen molar-refractivity contribution in [2.24, 2.45) is 0 Å². The molecule has 0 atom stereocenters. The highest BCUT2D eigenvalue weighted by molar-refractivity contribution is 7.17. The van der Waals surface area contributed by atoms with E-state index in [2.05, 4.69) is 4.98 Å². The number of hydrogen-bond acceptors (Lipinski definition) is 4. The van der Waals surface area contributed by atoms with Crippen molar-refractivity contribution in [3.05, 3.63) is 29.8 Å². The first-order valence-electron chi connectivity index (χ1n) is 4.44. The van der Waals surface area contributed by atoms with Crippen LogP contribution in [-0.2, 0) is 6.18 Å². The fourth-order valence-corrected chi connectivity index (χ4v) is 1.94. The Labute approximate surface area is 97.8 Å². The lowest BCUT2D eigenvalue weighted by atomic mass is 10.1. The first-order valence-corrected chi connectivity index (χ1v) is 5.26. The summed E-state index contributed by atoms with van der Waals surface area (Å²) >= 11 is 0.794. The average molecular weight is 261 g/mol. The second kappa shape index (κ2) is 3.92. The molecule has 0 bridgehead atoms. The molecule has 90 valence electrons. The summed E-state index contributed by atoms with van der Waals surface area (Å²) in [6.45, 7) is 0. The first kappa shape index (κ1) is 11.7. The highest BCUT2D eigenvalue weighted by Gasteiger charge is 2.30. The van der Waals surface area contributed by atoms with Crippen LogP contribution in [0.4, 0.5) is 13.2 Å². The Balaban J connectivity index is 2.36. The molecule has 2 N–H and O–H groups in total. The predicted octanol–water partition coefficient (Wildman–Crippen LogP) is 3.24. The van der Waals surface area contributed by atoms with Crippen molar-refractivity contribution in [1.82, 2.24) is 4.98 Å². The van der Waals surface area contributed by atoms with Crippen LogP contribution < -0.4 is 0 Å². The molecule has 0 amide bonds. The van der Waals surface area contributed by atoms with E-state index < -0.39 is 17.6 Å². The van der Waals surface area contributed by atoms with Gasteiger partial charge < -0.3 is 10.2 Å². The molecule has 0 unspecified atom stereocenters. The molecule has 0 fully saturated rings. The van der Waals surface area contributed by atoms with Gasteiger partial charge in [-0.3, -0.25) is 0 Å². The van der Waals surface area contributed by atoms with Gasteiger partial charge in [0, 0.05) is 5.56 Å². The van der Waals surface area contributed by atoms with Crippen LogP contribution in [0.3, 0.4) is 0 Å². The number of halogens is 3. The summed E-state index contributed by atoms with van der Waals surface area (Å²) in [7, 11) is 0. The molecule has 0 aliphatic carbocycles. The third kappa shape index (κ3) is 2.33. The van der Waals surface area contributed by atoms with Gasteiger partial charge in [0.25, 0.3) is 5.88 Å². The summed E-state index contributed by atoms with van der Waals surface area (Å²) in [5, 5.41) is 18.1. The van der Waals surface area contributed by atoms with Crippen molar-refractivity contribution in [2.75, 3.05) is 0 Å². The van der Waals surface area contributed by atoms with E-state index in [1.807, 2.05) is 0 Å². The molecular formula is C10H6F3NO2S. The zero-order valence-electron chi connectivity index (χ0n) is 8.19. The molecule has 0 saturated carbocycles. The molecule has 0 aliphatic heterocycles. The van der Waals surface area contributed by atoms with Crippen molar-refractivity contribution in [3.8, 4) is 21.5 Å². The van der Waals surface area contributed by atoms with Crippen LogP contribution in [0.5, 0.6) is 10.9 Å². The van der Waals surface area contributed by atoms with E-state index in [0.717, 1.165) is 23.5 Å². The van der Waals surface area contributed by atoms with E-state index in [4.69, 9.17) is 10.2 Å². The summed E-state index contributed by atoms with van der Waals surface area (Å²) in [5.74, 6) is -0.523. The fraction of sp³-hybridized carbons (Fsp3) is 0.100. The normalized spacial score (nSPS) is 11.7. The molecule has 17 heavy (non-hydrogen) atoms. The van der Waals surface area contributed by atoms with Crippen molar-refractivity contribution in [1.29, 1.82) is 0 Å². The average Bonchev–Trinajstić information content (AvgIpc) is 2.58. The Bertz CT molecular complexity index is 514. The van der Waals surface area contributed by atoms with E-state index in [-0.39, 0.29) is 10.1 Å². The van der Waals surface area contributed by atoms with Crippen LogP contribution in [-0.4, -0.2) is 15.2 Å². The van der Waals surface area contributed by atoms with Gasteiger partial charge in [0.2, 0.25) is 5.06 Å². The van der Waals surface area contributed by atoms with Gasteiger partial charge in [-0.2, -0.15) is 18.2 Å². The zero-order valence-corrected chi connectivity index (χ0v) is 9.01. The molecule has 1 aromatic carbocycles. The minimum atomic E-state index is -4.38. The number of alkyl halides is 3. The van der Waals surface area contributed by atoms with Crippen molar-refractivity contribution >= 4 is 11.3 Å². The standard InChI is InChI=1S/C10H6F3NO2S/c11-10(12,13)6-3-1-5(2-4-6)8-14-7(15)9(16)17-8/h1-4,15-16H. The number of thiazole rings is 1.